The van der Waals surface area contributed by atoms with Crippen LogP contribution in [0.25, 0.3) is 0 Å². The standard InChI is InChI=1S/C20H22N4O7/c1-12-14(6-5-7-15(12)24(27)28)20(26)21-11-18(25)23-22-10-13-8-16(29-2)19(31-4)17(9-13)30-3/h5-10H,11H2,1-4H3,(H,21,26)(H,23,25)/b22-10+. The van der Waals surface area contributed by atoms with Crippen LogP contribution < -0.4 is 25.0 Å². The second-order valence-corrected chi connectivity index (χ2v) is 6.14. The molecule has 0 aliphatic heterocycles. The van der Waals surface area contributed by atoms with E-state index in [1.807, 2.05) is 0 Å². The number of amides is 2. The first kappa shape index (κ1) is 23.1. The molecule has 2 amide bonds. The highest BCUT2D eigenvalue weighted by Crippen LogP contribution is 2.37. The first-order valence-electron chi connectivity index (χ1n) is 8.96. The van der Waals surface area contributed by atoms with Crippen molar-refractivity contribution in [1.82, 2.24) is 10.7 Å². The summed E-state index contributed by atoms with van der Waals surface area (Å²) in [6, 6.07) is 7.43. The minimum Gasteiger partial charge on any atom is -0.493 e. The maximum absolute atomic E-state index is 12.2. The smallest absolute Gasteiger partial charge is 0.273 e. The Bertz CT molecular complexity index is 996. The fourth-order valence-corrected chi connectivity index (χ4v) is 2.72. The molecule has 0 aliphatic carbocycles. The predicted octanol–water partition coefficient (Wildman–Crippen LogP) is 1.81. The van der Waals surface area contributed by atoms with Crippen molar-refractivity contribution in [2.75, 3.05) is 27.9 Å². The molecule has 0 radical (unpaired) electrons. The number of methoxy groups -OCH3 is 3. The summed E-state index contributed by atoms with van der Waals surface area (Å²) in [6.45, 7) is 1.10. The van der Waals surface area contributed by atoms with Gasteiger partial charge in [0.25, 0.3) is 17.5 Å². The van der Waals surface area contributed by atoms with Gasteiger partial charge in [0.15, 0.2) is 11.5 Å². The van der Waals surface area contributed by atoms with Gasteiger partial charge in [-0.2, -0.15) is 5.10 Å². The highest BCUT2D eigenvalue weighted by atomic mass is 16.6. The highest BCUT2D eigenvalue weighted by Gasteiger charge is 2.18. The molecule has 2 N–H and O–H groups in total. The van der Waals surface area contributed by atoms with E-state index < -0.39 is 16.7 Å². The topological polar surface area (TPSA) is 141 Å². The average molecular weight is 430 g/mol. The van der Waals surface area contributed by atoms with E-state index in [2.05, 4.69) is 15.8 Å². The fraction of sp³-hybridized carbons (Fsp3) is 0.250. The Kier molecular flexibility index (Phi) is 7.89. The normalized spacial score (nSPS) is 10.5. The zero-order valence-corrected chi connectivity index (χ0v) is 17.4. The number of carbonyl (C=O) groups is 2. The Morgan fingerprint density at radius 3 is 2.32 bits per heavy atom. The van der Waals surface area contributed by atoms with Crippen LogP contribution in [0.5, 0.6) is 17.2 Å². The van der Waals surface area contributed by atoms with Crippen molar-refractivity contribution in [2.24, 2.45) is 5.10 Å². The van der Waals surface area contributed by atoms with E-state index in [1.54, 1.807) is 12.1 Å². The maximum Gasteiger partial charge on any atom is 0.273 e. The van der Waals surface area contributed by atoms with E-state index in [0.717, 1.165) is 0 Å². The first-order valence-corrected chi connectivity index (χ1v) is 8.96. The molecule has 11 nitrogen and oxygen atoms in total. The minimum atomic E-state index is -0.607. The molecule has 2 aromatic rings. The molecular formula is C20H22N4O7. The molecule has 0 saturated heterocycles. The minimum absolute atomic E-state index is 0.114. The van der Waals surface area contributed by atoms with Gasteiger partial charge in [0.1, 0.15) is 0 Å². The van der Waals surface area contributed by atoms with Crippen LogP contribution in [0, 0.1) is 17.0 Å². The van der Waals surface area contributed by atoms with Crippen molar-refractivity contribution >= 4 is 23.7 Å². The average Bonchev–Trinajstić information content (AvgIpc) is 2.76. The molecule has 164 valence electrons. The number of nitrogens with zero attached hydrogens (tertiary/aromatic N) is 2. The highest BCUT2D eigenvalue weighted by molar-refractivity contribution is 5.98. The van der Waals surface area contributed by atoms with Gasteiger partial charge in [-0.05, 0) is 25.1 Å². The van der Waals surface area contributed by atoms with Gasteiger partial charge in [-0.25, -0.2) is 5.43 Å². The lowest BCUT2D eigenvalue weighted by Gasteiger charge is -2.12. The van der Waals surface area contributed by atoms with Gasteiger partial charge in [-0.15, -0.1) is 0 Å². The number of nitro benzene ring substituents is 1. The number of benzene rings is 2. The quantitative estimate of drug-likeness (QED) is 0.351. The van der Waals surface area contributed by atoms with E-state index in [0.29, 0.717) is 22.8 Å². The molecule has 2 rings (SSSR count). The Labute approximate surface area is 178 Å². The van der Waals surface area contributed by atoms with Gasteiger partial charge in [-0.1, -0.05) is 6.07 Å². The lowest BCUT2D eigenvalue weighted by molar-refractivity contribution is -0.385. The van der Waals surface area contributed by atoms with Gasteiger partial charge in [0, 0.05) is 22.8 Å². The molecule has 0 fully saturated rings. The number of nitrogens with one attached hydrogen (secondary N) is 2. The lowest BCUT2D eigenvalue weighted by atomic mass is 10.1. The van der Waals surface area contributed by atoms with Gasteiger partial charge >= 0.3 is 0 Å². The SMILES string of the molecule is COc1cc(/C=N/NC(=O)CNC(=O)c2cccc([N+](=O)[O-])c2C)cc(OC)c1OC. The van der Waals surface area contributed by atoms with Crippen LogP contribution >= 0.6 is 0 Å². The third-order valence-corrected chi connectivity index (χ3v) is 4.25. The first-order chi connectivity index (χ1) is 14.8. The molecule has 0 saturated carbocycles. The second kappa shape index (κ2) is 10.6. The number of hydrazone groups is 1. The van der Waals surface area contributed by atoms with Gasteiger partial charge in [-0.3, -0.25) is 19.7 Å². The molecule has 0 unspecified atom stereocenters. The van der Waals surface area contributed by atoms with Crippen molar-refractivity contribution in [3.8, 4) is 17.2 Å². The van der Waals surface area contributed by atoms with Gasteiger partial charge in [0.05, 0.1) is 39.0 Å². The number of hydrogen-bond donors (Lipinski definition) is 2. The van der Waals surface area contributed by atoms with Crippen LogP contribution in [0.15, 0.2) is 35.4 Å². The number of carbonyl (C=O) groups excluding carboxylic acids is 2. The number of nitro groups is 1. The van der Waals surface area contributed by atoms with Gasteiger partial charge < -0.3 is 19.5 Å². The molecule has 0 atom stereocenters. The number of rotatable bonds is 9. The van der Waals surface area contributed by atoms with Crippen LogP contribution in [0.3, 0.4) is 0 Å². The van der Waals surface area contributed by atoms with Crippen molar-refractivity contribution in [3.63, 3.8) is 0 Å². The van der Waals surface area contributed by atoms with E-state index in [-0.39, 0.29) is 23.4 Å². The fourth-order valence-electron chi connectivity index (χ4n) is 2.72. The summed E-state index contributed by atoms with van der Waals surface area (Å²) in [5, 5.41) is 17.2. The molecule has 0 aromatic heterocycles. The second-order valence-electron chi connectivity index (χ2n) is 6.14. The summed E-state index contributed by atoms with van der Waals surface area (Å²) in [7, 11) is 4.44. The zero-order chi connectivity index (χ0) is 23.0. The van der Waals surface area contributed by atoms with Crippen molar-refractivity contribution < 1.29 is 28.7 Å². The molecule has 0 spiro atoms. The third kappa shape index (κ3) is 5.69. The Hall–Kier alpha value is -4.15. The maximum atomic E-state index is 12.2. The molecular weight excluding hydrogens is 408 g/mol. The van der Waals surface area contributed by atoms with E-state index in [4.69, 9.17) is 14.2 Å². The number of ether oxygens (including phenoxy) is 3. The molecule has 0 bridgehead atoms. The lowest BCUT2D eigenvalue weighted by Crippen LogP contribution is -2.35. The monoisotopic (exact) mass is 430 g/mol. The summed E-state index contributed by atoms with van der Waals surface area (Å²) in [5.74, 6) is 0.0823. The van der Waals surface area contributed by atoms with E-state index in [1.165, 1.54) is 52.7 Å². The van der Waals surface area contributed by atoms with Gasteiger partial charge in [0.2, 0.25) is 5.75 Å². The molecule has 0 heterocycles. The number of hydrogen-bond acceptors (Lipinski definition) is 8. The Morgan fingerprint density at radius 2 is 1.77 bits per heavy atom. The Balaban J connectivity index is 1.99. The summed E-state index contributed by atoms with van der Waals surface area (Å²) in [5.41, 5.74) is 3.01. The molecule has 0 aliphatic rings. The van der Waals surface area contributed by atoms with Crippen molar-refractivity contribution in [3.05, 3.63) is 57.1 Å². The summed E-state index contributed by atoms with van der Waals surface area (Å²) >= 11 is 0. The van der Waals surface area contributed by atoms with Crippen molar-refractivity contribution in [1.29, 1.82) is 0 Å². The van der Waals surface area contributed by atoms with Crippen LogP contribution in [-0.4, -0.2) is 50.8 Å². The third-order valence-electron chi connectivity index (χ3n) is 4.25. The molecule has 11 heteroatoms. The zero-order valence-electron chi connectivity index (χ0n) is 17.4. The summed E-state index contributed by atoms with van der Waals surface area (Å²) < 4.78 is 15.7. The predicted molar refractivity (Wildman–Crippen MR) is 112 cm³/mol. The molecule has 2 aromatic carbocycles. The van der Waals surface area contributed by atoms with Crippen molar-refractivity contribution in [2.45, 2.75) is 6.92 Å². The van der Waals surface area contributed by atoms with Crippen LogP contribution in [0.2, 0.25) is 0 Å². The van der Waals surface area contributed by atoms with E-state index in [9.17, 15) is 19.7 Å². The van der Waals surface area contributed by atoms with E-state index >= 15 is 0 Å². The van der Waals surface area contributed by atoms with Crippen LogP contribution in [-0.2, 0) is 4.79 Å². The van der Waals surface area contributed by atoms with Crippen LogP contribution in [0.1, 0.15) is 21.5 Å². The molecule has 31 heavy (non-hydrogen) atoms. The Morgan fingerprint density at radius 1 is 1.13 bits per heavy atom. The largest absolute Gasteiger partial charge is 0.493 e. The van der Waals surface area contributed by atoms with Crippen LogP contribution in [0.4, 0.5) is 5.69 Å². The summed E-state index contributed by atoms with van der Waals surface area (Å²) in [4.78, 5) is 34.6. The summed E-state index contributed by atoms with van der Waals surface area (Å²) in [6.07, 6.45) is 1.37.